The fourth-order valence-corrected chi connectivity index (χ4v) is 4.93. The van der Waals surface area contributed by atoms with E-state index in [0.29, 0.717) is 40.4 Å². The van der Waals surface area contributed by atoms with Gasteiger partial charge in [-0.2, -0.15) is 0 Å². The Morgan fingerprint density at radius 2 is 1.31 bits per heavy atom. The maximum atomic E-state index is 11.9. The molecule has 0 saturated carbocycles. The molecule has 2 N–H and O–H groups in total. The smallest absolute Gasteiger partial charge is 0.354 e. The molecule has 13 nitrogen and oxygen atoms in total. The highest BCUT2D eigenvalue weighted by atomic mass is 16.5. The number of aryl methyl sites for hydroxylation is 2. The summed E-state index contributed by atoms with van der Waals surface area (Å²) >= 11 is 0. The average molecular weight is 652 g/mol. The lowest BCUT2D eigenvalue weighted by Gasteiger charge is -2.23. The summed E-state index contributed by atoms with van der Waals surface area (Å²) in [6, 6.07) is 19.5. The molecule has 0 amide bonds. The number of carboxylic acids is 2. The first-order valence-corrected chi connectivity index (χ1v) is 14.7. The van der Waals surface area contributed by atoms with Crippen LogP contribution in [0.4, 0.5) is 0 Å². The molecule has 4 aromatic rings. The van der Waals surface area contributed by atoms with Crippen LogP contribution in [-0.4, -0.2) is 73.1 Å². The van der Waals surface area contributed by atoms with E-state index in [-0.39, 0.29) is 57.5 Å². The maximum absolute atomic E-state index is 11.9. The normalized spacial score (nSPS) is 10.7. The third-order valence-electron chi connectivity index (χ3n) is 6.69. The van der Waals surface area contributed by atoms with Crippen LogP contribution in [0.25, 0.3) is 0 Å². The van der Waals surface area contributed by atoms with E-state index in [1.165, 1.54) is 6.07 Å². The van der Waals surface area contributed by atoms with Crippen molar-refractivity contribution in [2.75, 3.05) is 13.3 Å². The number of carboxylic acid groups (broad SMARTS) is 2. The largest absolute Gasteiger partial charge is 0.480 e. The molecule has 0 fully saturated rings. The highest BCUT2D eigenvalue weighted by molar-refractivity contribution is 5.85. The number of carbonyl (C=O) groups is 4. The van der Waals surface area contributed by atoms with Crippen molar-refractivity contribution in [3.05, 3.63) is 117 Å². The number of rotatable bonds is 16. The van der Waals surface area contributed by atoms with Crippen LogP contribution < -0.4 is 4.74 Å². The van der Waals surface area contributed by atoms with Gasteiger partial charge in [-0.1, -0.05) is 30.0 Å². The monoisotopic (exact) mass is 651 g/mol. The summed E-state index contributed by atoms with van der Waals surface area (Å²) in [4.78, 5) is 62.2. The van der Waals surface area contributed by atoms with Crippen LogP contribution in [0.5, 0.6) is 5.88 Å². The van der Waals surface area contributed by atoms with Crippen LogP contribution in [0.1, 0.15) is 55.5 Å². The summed E-state index contributed by atoms with van der Waals surface area (Å²) in [5.41, 5.74) is 4.80. The molecule has 0 aliphatic rings. The van der Waals surface area contributed by atoms with Crippen LogP contribution >= 0.6 is 0 Å². The summed E-state index contributed by atoms with van der Waals surface area (Å²) in [5.74, 6) is 4.17. The molecule has 0 aliphatic carbocycles. The molecule has 1 aromatic carbocycles. The number of aliphatic carboxylic acids is 1. The van der Waals surface area contributed by atoms with Crippen molar-refractivity contribution >= 4 is 24.9 Å². The van der Waals surface area contributed by atoms with Crippen molar-refractivity contribution in [3.8, 4) is 17.7 Å². The Balaban J connectivity index is 1.69. The minimum atomic E-state index is -1.16. The lowest BCUT2D eigenvalue weighted by molar-refractivity contribution is -0.138. The van der Waals surface area contributed by atoms with Gasteiger partial charge in [-0.3, -0.25) is 29.2 Å². The van der Waals surface area contributed by atoms with Gasteiger partial charge in [0.25, 0.3) is 12.9 Å². The lowest BCUT2D eigenvalue weighted by atomic mass is 10.1. The standard InChI is InChI=1S/C35H33N5O8/c1-24-10-28(37-32(12-24)35(45)46)18-40(21-47-22-41)19-31-15-27(9-8-26-6-4-3-5-7-26)14-30(36-31)17-39(20-34(43)44)16-29-11-25(2)13-33(38-29)48-23-42/h3-7,10-15,22-23H,16-21H2,1-2H3,(H,43,44)(H,45,46). The molecule has 13 heteroatoms. The van der Waals surface area contributed by atoms with Crippen molar-refractivity contribution in [3.63, 3.8) is 0 Å². The van der Waals surface area contributed by atoms with E-state index in [4.69, 9.17) is 14.5 Å². The second-order valence-corrected chi connectivity index (χ2v) is 10.9. The molecule has 0 saturated heterocycles. The number of benzene rings is 1. The Labute approximate surface area is 276 Å². The summed E-state index contributed by atoms with van der Waals surface area (Å²) in [6.45, 7) is 4.21. The quantitative estimate of drug-likeness (QED) is 0.103. The van der Waals surface area contributed by atoms with E-state index in [9.17, 15) is 29.4 Å². The van der Waals surface area contributed by atoms with Gasteiger partial charge in [0.15, 0.2) is 0 Å². The molecule has 246 valence electrons. The molecular weight excluding hydrogens is 618 g/mol. The predicted molar refractivity (Wildman–Crippen MR) is 171 cm³/mol. The molecule has 48 heavy (non-hydrogen) atoms. The second-order valence-electron chi connectivity index (χ2n) is 10.9. The van der Waals surface area contributed by atoms with Gasteiger partial charge in [0, 0.05) is 43.4 Å². The van der Waals surface area contributed by atoms with Crippen LogP contribution in [0, 0.1) is 25.7 Å². The summed E-state index contributed by atoms with van der Waals surface area (Å²) in [7, 11) is 0. The van der Waals surface area contributed by atoms with Crippen molar-refractivity contribution < 1.29 is 38.9 Å². The summed E-state index contributed by atoms with van der Waals surface area (Å²) in [6.07, 6.45) is 0. The summed E-state index contributed by atoms with van der Waals surface area (Å²) in [5, 5.41) is 19.2. The molecule has 0 atom stereocenters. The van der Waals surface area contributed by atoms with E-state index in [1.807, 2.05) is 37.3 Å². The van der Waals surface area contributed by atoms with Crippen molar-refractivity contribution in [2.24, 2.45) is 0 Å². The first kappa shape index (κ1) is 34.9. The first-order chi connectivity index (χ1) is 23.1. The third kappa shape index (κ3) is 11.1. The highest BCUT2D eigenvalue weighted by Crippen LogP contribution is 2.17. The molecule has 0 unspecified atom stereocenters. The maximum Gasteiger partial charge on any atom is 0.354 e. The van der Waals surface area contributed by atoms with E-state index < -0.39 is 11.9 Å². The van der Waals surface area contributed by atoms with Gasteiger partial charge in [-0.05, 0) is 67.4 Å². The first-order valence-electron chi connectivity index (χ1n) is 14.7. The number of ether oxygens (including phenoxy) is 2. The fourth-order valence-electron chi connectivity index (χ4n) is 4.93. The topological polar surface area (TPSA) is 172 Å². The minimum absolute atomic E-state index is 0.102. The van der Waals surface area contributed by atoms with Gasteiger partial charge in [0.2, 0.25) is 5.88 Å². The zero-order chi connectivity index (χ0) is 34.5. The van der Waals surface area contributed by atoms with Crippen molar-refractivity contribution in [1.29, 1.82) is 0 Å². The second kappa shape index (κ2) is 17.1. The average Bonchev–Trinajstić information content (AvgIpc) is 3.02. The van der Waals surface area contributed by atoms with Crippen LogP contribution in [-0.2, 0) is 45.3 Å². The number of aromatic nitrogens is 3. The Kier molecular flexibility index (Phi) is 12.4. The van der Waals surface area contributed by atoms with E-state index >= 15 is 0 Å². The predicted octanol–water partition coefficient (Wildman–Crippen LogP) is 3.34. The van der Waals surface area contributed by atoms with Gasteiger partial charge in [-0.25, -0.2) is 14.8 Å². The SMILES string of the molecule is Cc1cc(CN(CC(=O)O)Cc2cc(C#Cc3ccccc3)cc(CN(COC=O)Cc3cc(C)cc(C(=O)O)n3)n2)nc(OC=O)c1. The number of hydrogen-bond acceptors (Lipinski definition) is 11. The molecule has 0 radical (unpaired) electrons. The number of pyridine rings is 3. The van der Waals surface area contributed by atoms with Gasteiger partial charge in [-0.15, -0.1) is 0 Å². The fraction of sp³-hybridized carbons (Fsp3) is 0.229. The Morgan fingerprint density at radius 1 is 0.729 bits per heavy atom. The van der Waals surface area contributed by atoms with E-state index in [1.54, 1.807) is 47.1 Å². The molecule has 0 aliphatic heterocycles. The van der Waals surface area contributed by atoms with Crippen LogP contribution in [0.15, 0.2) is 66.7 Å². The molecule has 3 aromatic heterocycles. The summed E-state index contributed by atoms with van der Waals surface area (Å²) < 4.78 is 9.97. The van der Waals surface area contributed by atoms with Crippen LogP contribution in [0.3, 0.4) is 0 Å². The molecule has 4 rings (SSSR count). The number of carbonyl (C=O) groups excluding carboxylic acids is 2. The molecule has 0 bridgehead atoms. The molecular formula is C35H33N5O8. The zero-order valence-electron chi connectivity index (χ0n) is 26.3. The van der Waals surface area contributed by atoms with Gasteiger partial charge < -0.3 is 19.7 Å². The zero-order valence-corrected chi connectivity index (χ0v) is 26.3. The number of hydrogen-bond donors (Lipinski definition) is 2. The Hall–Kier alpha value is -5.97. The van der Waals surface area contributed by atoms with Crippen molar-refractivity contribution in [1.82, 2.24) is 24.8 Å². The molecule has 0 spiro atoms. The Morgan fingerprint density at radius 3 is 1.92 bits per heavy atom. The molecule has 3 heterocycles. The van der Waals surface area contributed by atoms with Crippen molar-refractivity contribution in [2.45, 2.75) is 40.0 Å². The highest BCUT2D eigenvalue weighted by Gasteiger charge is 2.17. The van der Waals surface area contributed by atoms with Gasteiger partial charge >= 0.3 is 11.9 Å². The van der Waals surface area contributed by atoms with E-state index in [2.05, 4.69) is 21.8 Å². The lowest BCUT2D eigenvalue weighted by Crippen LogP contribution is -2.30. The van der Waals surface area contributed by atoms with Gasteiger partial charge in [0.05, 0.1) is 29.3 Å². The third-order valence-corrected chi connectivity index (χ3v) is 6.69. The van der Waals surface area contributed by atoms with E-state index in [0.717, 1.165) is 11.1 Å². The Bertz CT molecular complexity index is 1840. The van der Waals surface area contributed by atoms with Gasteiger partial charge in [0.1, 0.15) is 12.4 Å². The minimum Gasteiger partial charge on any atom is -0.480 e. The van der Waals surface area contributed by atoms with Crippen LogP contribution in [0.2, 0.25) is 0 Å². The number of nitrogens with zero attached hydrogens (tertiary/aromatic N) is 5. The number of aromatic carboxylic acids is 1.